The zero-order valence-electron chi connectivity index (χ0n) is 7.83. The molecule has 1 aliphatic heterocycles. The van der Waals surface area contributed by atoms with Gasteiger partial charge in [0.25, 0.3) is 0 Å². The number of hydrogen-bond acceptors (Lipinski definition) is 4. The molecule has 76 valence electrons. The van der Waals surface area contributed by atoms with E-state index in [1.807, 2.05) is 0 Å². The molecular formula is C8H13N5O. The number of nitrogens with two attached hydrogens (primary N) is 1. The SMILES string of the molecule is NC1CCN(CCn2cncn2)C1=O. The van der Waals surface area contributed by atoms with E-state index in [0.717, 1.165) is 13.0 Å². The van der Waals surface area contributed by atoms with Crippen LogP contribution in [0.15, 0.2) is 12.7 Å². The third kappa shape index (κ3) is 1.74. The van der Waals surface area contributed by atoms with Crippen LogP contribution >= 0.6 is 0 Å². The lowest BCUT2D eigenvalue weighted by molar-refractivity contribution is -0.128. The van der Waals surface area contributed by atoms with Crippen molar-refractivity contribution in [2.75, 3.05) is 13.1 Å². The number of rotatable bonds is 3. The quantitative estimate of drug-likeness (QED) is 0.659. The van der Waals surface area contributed by atoms with E-state index >= 15 is 0 Å². The van der Waals surface area contributed by atoms with Gasteiger partial charge >= 0.3 is 0 Å². The summed E-state index contributed by atoms with van der Waals surface area (Å²) >= 11 is 0. The van der Waals surface area contributed by atoms with Gasteiger partial charge in [0.05, 0.1) is 12.6 Å². The van der Waals surface area contributed by atoms with Crippen LogP contribution in [0.2, 0.25) is 0 Å². The van der Waals surface area contributed by atoms with Crippen LogP contribution in [0.4, 0.5) is 0 Å². The van der Waals surface area contributed by atoms with Crippen molar-refractivity contribution in [1.82, 2.24) is 19.7 Å². The second-order valence-electron chi connectivity index (χ2n) is 3.38. The summed E-state index contributed by atoms with van der Waals surface area (Å²) in [5.74, 6) is 0.0464. The number of amides is 1. The minimum atomic E-state index is -0.300. The van der Waals surface area contributed by atoms with Gasteiger partial charge in [0.1, 0.15) is 12.7 Å². The van der Waals surface area contributed by atoms with Crippen LogP contribution in [0.1, 0.15) is 6.42 Å². The molecule has 0 radical (unpaired) electrons. The first-order valence-corrected chi connectivity index (χ1v) is 4.64. The molecule has 0 bridgehead atoms. The first kappa shape index (κ1) is 9.14. The average Bonchev–Trinajstić information content (AvgIpc) is 2.77. The number of aromatic nitrogens is 3. The maximum atomic E-state index is 11.4. The minimum Gasteiger partial charge on any atom is -0.339 e. The summed E-state index contributed by atoms with van der Waals surface area (Å²) in [4.78, 5) is 17.0. The fourth-order valence-electron chi connectivity index (χ4n) is 1.56. The Kier molecular flexibility index (Phi) is 2.45. The molecule has 1 aromatic heterocycles. The normalized spacial score (nSPS) is 21.9. The van der Waals surface area contributed by atoms with E-state index in [4.69, 9.17) is 5.73 Å². The van der Waals surface area contributed by atoms with Gasteiger partial charge in [0.15, 0.2) is 0 Å². The predicted molar refractivity (Wildman–Crippen MR) is 49.2 cm³/mol. The molecule has 0 spiro atoms. The van der Waals surface area contributed by atoms with Crippen LogP contribution in [-0.2, 0) is 11.3 Å². The highest BCUT2D eigenvalue weighted by molar-refractivity contribution is 5.83. The highest BCUT2D eigenvalue weighted by atomic mass is 16.2. The van der Waals surface area contributed by atoms with Crippen molar-refractivity contribution in [3.8, 4) is 0 Å². The van der Waals surface area contributed by atoms with Crippen LogP contribution in [-0.4, -0.2) is 44.7 Å². The van der Waals surface area contributed by atoms with Crippen molar-refractivity contribution in [3.05, 3.63) is 12.7 Å². The zero-order valence-corrected chi connectivity index (χ0v) is 7.83. The van der Waals surface area contributed by atoms with Crippen molar-refractivity contribution in [2.24, 2.45) is 5.73 Å². The molecule has 6 nitrogen and oxygen atoms in total. The van der Waals surface area contributed by atoms with Gasteiger partial charge in [-0.25, -0.2) is 4.98 Å². The van der Waals surface area contributed by atoms with Crippen LogP contribution in [0.25, 0.3) is 0 Å². The summed E-state index contributed by atoms with van der Waals surface area (Å²) < 4.78 is 1.71. The Labute approximate surface area is 81.7 Å². The van der Waals surface area contributed by atoms with Crippen LogP contribution < -0.4 is 5.73 Å². The van der Waals surface area contributed by atoms with Crippen molar-refractivity contribution in [3.63, 3.8) is 0 Å². The van der Waals surface area contributed by atoms with E-state index in [1.165, 1.54) is 6.33 Å². The van der Waals surface area contributed by atoms with Gasteiger partial charge in [-0.2, -0.15) is 5.10 Å². The third-order valence-corrected chi connectivity index (χ3v) is 2.40. The molecule has 2 heterocycles. The lowest BCUT2D eigenvalue weighted by Gasteiger charge is -2.15. The second kappa shape index (κ2) is 3.75. The van der Waals surface area contributed by atoms with Gasteiger partial charge in [0, 0.05) is 13.1 Å². The van der Waals surface area contributed by atoms with Gasteiger partial charge in [0.2, 0.25) is 5.91 Å². The molecule has 6 heteroatoms. The predicted octanol–water partition coefficient (Wildman–Crippen LogP) is -1.16. The molecule has 2 rings (SSSR count). The number of carbonyl (C=O) groups excluding carboxylic acids is 1. The van der Waals surface area contributed by atoms with Crippen LogP contribution in [0.3, 0.4) is 0 Å². The summed E-state index contributed by atoms with van der Waals surface area (Å²) in [6, 6.07) is -0.300. The molecular weight excluding hydrogens is 182 g/mol. The molecule has 1 aromatic rings. The van der Waals surface area contributed by atoms with Crippen LogP contribution in [0, 0.1) is 0 Å². The van der Waals surface area contributed by atoms with Gasteiger partial charge in [-0.1, -0.05) is 0 Å². The maximum absolute atomic E-state index is 11.4. The van der Waals surface area contributed by atoms with Crippen molar-refractivity contribution in [1.29, 1.82) is 0 Å². The summed E-state index contributed by atoms with van der Waals surface area (Å²) in [5.41, 5.74) is 5.59. The fourth-order valence-corrected chi connectivity index (χ4v) is 1.56. The fraction of sp³-hybridized carbons (Fsp3) is 0.625. The van der Waals surface area contributed by atoms with E-state index in [-0.39, 0.29) is 11.9 Å². The molecule has 14 heavy (non-hydrogen) atoms. The average molecular weight is 195 g/mol. The molecule has 1 unspecified atom stereocenters. The minimum absolute atomic E-state index is 0.0464. The first-order valence-electron chi connectivity index (χ1n) is 4.64. The number of nitrogens with zero attached hydrogens (tertiary/aromatic N) is 4. The largest absolute Gasteiger partial charge is 0.339 e. The lowest BCUT2D eigenvalue weighted by atomic mass is 10.3. The van der Waals surface area contributed by atoms with Crippen molar-refractivity contribution < 1.29 is 4.79 Å². The summed E-state index contributed by atoms with van der Waals surface area (Å²) in [5, 5.41) is 3.96. The molecule has 0 aromatic carbocycles. The molecule has 2 N–H and O–H groups in total. The number of carbonyl (C=O) groups is 1. The topological polar surface area (TPSA) is 77.0 Å². The molecule has 1 atom stereocenters. The Bertz CT molecular complexity index is 310. The Hall–Kier alpha value is -1.43. The van der Waals surface area contributed by atoms with E-state index in [2.05, 4.69) is 10.1 Å². The number of likely N-dealkylation sites (tertiary alicyclic amines) is 1. The molecule has 0 aliphatic carbocycles. The van der Waals surface area contributed by atoms with Crippen LogP contribution in [0.5, 0.6) is 0 Å². The molecule has 0 saturated carbocycles. The Balaban J connectivity index is 1.84. The lowest BCUT2D eigenvalue weighted by Crippen LogP contribution is -2.35. The summed E-state index contributed by atoms with van der Waals surface area (Å²) in [6.45, 7) is 2.10. The first-order chi connectivity index (χ1) is 6.77. The highest BCUT2D eigenvalue weighted by Gasteiger charge is 2.27. The van der Waals surface area contributed by atoms with Gasteiger partial charge < -0.3 is 10.6 Å². The molecule has 1 amide bonds. The van der Waals surface area contributed by atoms with Crippen molar-refractivity contribution in [2.45, 2.75) is 19.0 Å². The Morgan fingerprint density at radius 2 is 2.43 bits per heavy atom. The van der Waals surface area contributed by atoms with E-state index in [1.54, 1.807) is 15.9 Å². The zero-order chi connectivity index (χ0) is 9.97. The Morgan fingerprint density at radius 1 is 1.57 bits per heavy atom. The third-order valence-electron chi connectivity index (χ3n) is 2.40. The maximum Gasteiger partial charge on any atom is 0.239 e. The summed E-state index contributed by atoms with van der Waals surface area (Å²) in [6.07, 6.45) is 3.88. The second-order valence-corrected chi connectivity index (χ2v) is 3.38. The molecule has 1 fully saturated rings. The standard InChI is InChI=1S/C8H13N5O/c9-7-1-2-12(8(7)14)3-4-13-6-10-5-11-13/h5-7H,1-4,9H2. The molecule has 1 aliphatic rings. The Morgan fingerprint density at radius 3 is 3.00 bits per heavy atom. The highest BCUT2D eigenvalue weighted by Crippen LogP contribution is 2.08. The monoisotopic (exact) mass is 195 g/mol. The molecule has 1 saturated heterocycles. The van der Waals surface area contributed by atoms with Crippen molar-refractivity contribution >= 4 is 5.91 Å². The van der Waals surface area contributed by atoms with E-state index in [9.17, 15) is 4.79 Å². The van der Waals surface area contributed by atoms with Gasteiger partial charge in [-0.15, -0.1) is 0 Å². The van der Waals surface area contributed by atoms with Gasteiger partial charge in [-0.05, 0) is 6.42 Å². The van der Waals surface area contributed by atoms with E-state index in [0.29, 0.717) is 13.1 Å². The summed E-state index contributed by atoms with van der Waals surface area (Å²) in [7, 11) is 0. The number of hydrogen-bond donors (Lipinski definition) is 1. The smallest absolute Gasteiger partial charge is 0.239 e. The van der Waals surface area contributed by atoms with E-state index < -0.39 is 0 Å². The van der Waals surface area contributed by atoms with Gasteiger partial charge in [-0.3, -0.25) is 9.48 Å².